The molecule has 1 fully saturated rings. The number of hydrogen-bond acceptors (Lipinski definition) is 5. The zero-order valence-electron chi connectivity index (χ0n) is 16.0. The summed E-state index contributed by atoms with van der Waals surface area (Å²) >= 11 is 5.30. The zero-order valence-corrected chi connectivity index (χ0v) is 16.8. The molecule has 0 bridgehead atoms. The number of benzene rings is 1. The van der Waals surface area contributed by atoms with E-state index >= 15 is 0 Å². The summed E-state index contributed by atoms with van der Waals surface area (Å²) in [6, 6.07) is 3.96. The SMILES string of the molecule is COC(=O)CN1C(=S)N(C)C(=O)/C1=C\c1cc(C(C)C)c(OC)cc1C. The van der Waals surface area contributed by atoms with E-state index in [4.69, 9.17) is 21.7 Å². The van der Waals surface area contributed by atoms with E-state index in [2.05, 4.69) is 13.8 Å². The lowest BCUT2D eigenvalue weighted by Crippen LogP contribution is -2.33. The summed E-state index contributed by atoms with van der Waals surface area (Å²) < 4.78 is 10.2. The van der Waals surface area contributed by atoms with Crippen molar-refractivity contribution in [3.63, 3.8) is 0 Å². The number of nitrogens with zero attached hydrogens (tertiary/aromatic N) is 2. The van der Waals surface area contributed by atoms with Gasteiger partial charge in [-0.25, -0.2) is 0 Å². The topological polar surface area (TPSA) is 59.1 Å². The molecule has 2 rings (SSSR count). The first-order valence-corrected chi connectivity index (χ1v) is 8.68. The van der Waals surface area contributed by atoms with Gasteiger partial charge in [0, 0.05) is 7.05 Å². The molecule has 6 nitrogen and oxygen atoms in total. The van der Waals surface area contributed by atoms with Crippen LogP contribution in [0.3, 0.4) is 0 Å². The average molecular weight is 376 g/mol. The summed E-state index contributed by atoms with van der Waals surface area (Å²) in [5.74, 6) is 0.365. The number of hydrogen-bond donors (Lipinski definition) is 0. The van der Waals surface area contributed by atoms with Gasteiger partial charge in [0.15, 0.2) is 5.11 Å². The molecule has 1 saturated heterocycles. The van der Waals surface area contributed by atoms with Crippen LogP contribution in [0.4, 0.5) is 0 Å². The smallest absolute Gasteiger partial charge is 0.325 e. The summed E-state index contributed by atoms with van der Waals surface area (Å²) in [5.41, 5.74) is 3.24. The van der Waals surface area contributed by atoms with E-state index in [9.17, 15) is 9.59 Å². The van der Waals surface area contributed by atoms with Gasteiger partial charge in [0.05, 0.1) is 14.2 Å². The minimum Gasteiger partial charge on any atom is -0.496 e. The van der Waals surface area contributed by atoms with Gasteiger partial charge in [-0.3, -0.25) is 14.5 Å². The molecule has 0 unspecified atom stereocenters. The molecule has 26 heavy (non-hydrogen) atoms. The standard InChI is InChI=1S/C19H24N2O4S/c1-11(2)14-8-13(12(3)7-16(14)24-5)9-15-18(23)20(4)19(26)21(15)10-17(22)25-6/h7-9,11H,10H2,1-6H3/b15-9+. The number of ether oxygens (including phenoxy) is 2. The number of aryl methyl sites for hydroxylation is 1. The molecule has 1 aromatic carbocycles. The van der Waals surface area contributed by atoms with Crippen LogP contribution in [0.2, 0.25) is 0 Å². The number of methoxy groups -OCH3 is 2. The maximum Gasteiger partial charge on any atom is 0.325 e. The van der Waals surface area contributed by atoms with Gasteiger partial charge in [0.25, 0.3) is 5.91 Å². The quantitative estimate of drug-likeness (QED) is 0.447. The lowest BCUT2D eigenvalue weighted by atomic mass is 9.96. The molecule has 0 aromatic heterocycles. The van der Waals surface area contributed by atoms with Gasteiger partial charge in [-0.2, -0.15) is 0 Å². The van der Waals surface area contributed by atoms with Crippen LogP contribution in [0.25, 0.3) is 6.08 Å². The monoisotopic (exact) mass is 376 g/mol. The van der Waals surface area contributed by atoms with Crippen LogP contribution < -0.4 is 4.74 Å². The zero-order chi connectivity index (χ0) is 19.6. The van der Waals surface area contributed by atoms with Gasteiger partial charge >= 0.3 is 5.97 Å². The second-order valence-electron chi connectivity index (χ2n) is 6.44. The Kier molecular flexibility index (Phi) is 6.02. The number of esters is 1. The van der Waals surface area contributed by atoms with Crippen LogP contribution in [0.1, 0.15) is 36.5 Å². The van der Waals surface area contributed by atoms with Crippen molar-refractivity contribution in [3.05, 3.63) is 34.5 Å². The third kappa shape index (κ3) is 3.72. The van der Waals surface area contributed by atoms with Gasteiger partial charge in [0.1, 0.15) is 18.0 Å². The fourth-order valence-electron chi connectivity index (χ4n) is 2.79. The first kappa shape index (κ1) is 19.9. The molecule has 1 heterocycles. The number of carbonyl (C=O) groups excluding carboxylic acids is 2. The van der Waals surface area contributed by atoms with Crippen LogP contribution in [0.5, 0.6) is 5.75 Å². The molecular formula is C19H24N2O4S. The molecular weight excluding hydrogens is 352 g/mol. The van der Waals surface area contributed by atoms with Crippen molar-refractivity contribution in [1.82, 2.24) is 9.80 Å². The van der Waals surface area contributed by atoms with Gasteiger partial charge in [0.2, 0.25) is 0 Å². The van der Waals surface area contributed by atoms with E-state index in [-0.39, 0.29) is 23.5 Å². The molecule has 1 aromatic rings. The van der Waals surface area contributed by atoms with Crippen LogP contribution in [0.15, 0.2) is 17.8 Å². The van der Waals surface area contributed by atoms with E-state index in [1.807, 2.05) is 19.1 Å². The summed E-state index contributed by atoms with van der Waals surface area (Å²) in [7, 11) is 4.54. The largest absolute Gasteiger partial charge is 0.496 e. The summed E-state index contributed by atoms with van der Waals surface area (Å²) in [6.45, 7) is 6.00. The third-order valence-electron chi connectivity index (χ3n) is 4.38. The molecule has 0 radical (unpaired) electrons. The normalized spacial score (nSPS) is 16.0. The van der Waals surface area contributed by atoms with E-state index in [1.165, 1.54) is 16.9 Å². The number of rotatable bonds is 5. The first-order valence-electron chi connectivity index (χ1n) is 8.27. The molecule has 0 saturated carbocycles. The third-order valence-corrected chi connectivity index (χ3v) is 4.87. The van der Waals surface area contributed by atoms with Crippen molar-refractivity contribution in [2.45, 2.75) is 26.7 Å². The molecule has 0 aliphatic carbocycles. The van der Waals surface area contributed by atoms with E-state index in [0.29, 0.717) is 5.70 Å². The van der Waals surface area contributed by atoms with Crippen molar-refractivity contribution in [2.75, 3.05) is 27.8 Å². The van der Waals surface area contributed by atoms with Crippen LogP contribution in [-0.2, 0) is 14.3 Å². The fourth-order valence-corrected chi connectivity index (χ4v) is 3.04. The van der Waals surface area contributed by atoms with Gasteiger partial charge < -0.3 is 14.4 Å². The Morgan fingerprint density at radius 1 is 1.31 bits per heavy atom. The van der Waals surface area contributed by atoms with Crippen LogP contribution in [-0.4, -0.2) is 54.6 Å². The molecule has 0 N–H and O–H groups in total. The second-order valence-corrected chi connectivity index (χ2v) is 6.81. The van der Waals surface area contributed by atoms with Crippen molar-refractivity contribution in [2.24, 2.45) is 0 Å². The highest BCUT2D eigenvalue weighted by atomic mass is 32.1. The van der Waals surface area contributed by atoms with E-state index in [0.717, 1.165) is 22.4 Å². The molecule has 1 aliphatic rings. The maximum absolute atomic E-state index is 12.6. The van der Waals surface area contributed by atoms with Crippen molar-refractivity contribution < 1.29 is 19.1 Å². The Labute approximate surface area is 159 Å². The van der Waals surface area contributed by atoms with E-state index in [1.54, 1.807) is 20.2 Å². The predicted molar refractivity (Wildman–Crippen MR) is 104 cm³/mol. The lowest BCUT2D eigenvalue weighted by Gasteiger charge is -2.18. The Bertz CT molecular complexity index is 786. The lowest BCUT2D eigenvalue weighted by molar-refractivity contribution is -0.140. The number of amides is 1. The minimum absolute atomic E-state index is 0.108. The van der Waals surface area contributed by atoms with Gasteiger partial charge in [-0.05, 0) is 60.0 Å². The fraction of sp³-hybridized carbons (Fsp3) is 0.421. The van der Waals surface area contributed by atoms with Crippen molar-refractivity contribution in [1.29, 1.82) is 0 Å². The Balaban J connectivity index is 2.54. The number of thiocarbonyl (C=S) groups is 1. The van der Waals surface area contributed by atoms with Gasteiger partial charge in [-0.15, -0.1) is 0 Å². The number of carbonyl (C=O) groups is 2. The highest BCUT2D eigenvalue weighted by Gasteiger charge is 2.36. The molecule has 0 atom stereocenters. The maximum atomic E-state index is 12.6. The Morgan fingerprint density at radius 2 is 1.96 bits per heavy atom. The molecule has 0 spiro atoms. The van der Waals surface area contributed by atoms with Gasteiger partial charge in [-0.1, -0.05) is 13.8 Å². The minimum atomic E-state index is -0.462. The molecule has 7 heteroatoms. The Morgan fingerprint density at radius 3 is 2.50 bits per heavy atom. The highest BCUT2D eigenvalue weighted by molar-refractivity contribution is 7.80. The van der Waals surface area contributed by atoms with Crippen molar-refractivity contribution >= 4 is 35.3 Å². The van der Waals surface area contributed by atoms with Crippen LogP contribution >= 0.6 is 12.2 Å². The van der Waals surface area contributed by atoms with Crippen LogP contribution in [0, 0.1) is 6.92 Å². The predicted octanol–water partition coefficient (Wildman–Crippen LogP) is 2.70. The highest BCUT2D eigenvalue weighted by Crippen LogP contribution is 2.32. The number of likely N-dealkylation sites (N-methyl/N-ethyl adjacent to an activating group) is 1. The van der Waals surface area contributed by atoms with E-state index < -0.39 is 5.97 Å². The van der Waals surface area contributed by atoms with Crippen molar-refractivity contribution in [3.8, 4) is 5.75 Å². The first-order chi connectivity index (χ1) is 12.2. The summed E-state index contributed by atoms with van der Waals surface area (Å²) in [6.07, 6.45) is 1.77. The summed E-state index contributed by atoms with van der Waals surface area (Å²) in [4.78, 5) is 27.2. The second kappa shape index (κ2) is 7.86. The average Bonchev–Trinajstić information content (AvgIpc) is 2.80. The molecule has 1 aliphatic heterocycles. The molecule has 1 amide bonds. The molecule has 140 valence electrons. The summed E-state index contributed by atoms with van der Waals surface area (Å²) in [5, 5.41) is 0.280. The Hall–Kier alpha value is -2.41.